The van der Waals surface area contributed by atoms with E-state index in [2.05, 4.69) is 12.2 Å². The van der Waals surface area contributed by atoms with E-state index in [1.165, 1.54) is 32.1 Å². The standard InChI is InChI=1S/C15H25NO2/c1-3-12-6-8-13(9-7-12)16-11-15(2,17)14-5-4-10-18-14/h4-5,10,12-13,16-17H,3,6-9,11H2,1-2H3. The molecule has 0 radical (unpaired) electrons. The summed E-state index contributed by atoms with van der Waals surface area (Å²) in [6.07, 6.45) is 8.00. The van der Waals surface area contributed by atoms with Gasteiger partial charge in [0.2, 0.25) is 0 Å². The molecule has 102 valence electrons. The van der Waals surface area contributed by atoms with Crippen molar-refractivity contribution in [1.29, 1.82) is 0 Å². The molecule has 1 unspecified atom stereocenters. The van der Waals surface area contributed by atoms with Crippen LogP contribution in [0.15, 0.2) is 22.8 Å². The molecule has 0 spiro atoms. The first-order chi connectivity index (χ1) is 8.62. The monoisotopic (exact) mass is 251 g/mol. The van der Waals surface area contributed by atoms with Crippen molar-refractivity contribution in [2.75, 3.05) is 6.54 Å². The van der Waals surface area contributed by atoms with Crippen LogP contribution in [0, 0.1) is 5.92 Å². The average Bonchev–Trinajstić information content (AvgIpc) is 2.92. The number of hydrogen-bond donors (Lipinski definition) is 2. The second kappa shape index (κ2) is 5.89. The van der Waals surface area contributed by atoms with E-state index in [1.807, 2.05) is 12.1 Å². The summed E-state index contributed by atoms with van der Waals surface area (Å²) in [6.45, 7) is 4.64. The lowest BCUT2D eigenvalue weighted by molar-refractivity contribution is 0.0296. The Labute approximate surface area is 110 Å². The van der Waals surface area contributed by atoms with E-state index < -0.39 is 5.60 Å². The summed E-state index contributed by atoms with van der Waals surface area (Å²) in [7, 11) is 0. The lowest BCUT2D eigenvalue weighted by atomic mass is 9.84. The molecule has 0 bridgehead atoms. The highest BCUT2D eigenvalue weighted by atomic mass is 16.4. The van der Waals surface area contributed by atoms with E-state index >= 15 is 0 Å². The molecule has 1 fully saturated rings. The van der Waals surface area contributed by atoms with Crippen LogP contribution in [0.1, 0.15) is 51.7 Å². The van der Waals surface area contributed by atoms with Gasteiger partial charge in [-0.2, -0.15) is 0 Å². The highest BCUT2D eigenvalue weighted by Crippen LogP contribution is 2.27. The van der Waals surface area contributed by atoms with E-state index in [-0.39, 0.29) is 0 Å². The third-order valence-electron chi connectivity index (χ3n) is 4.21. The van der Waals surface area contributed by atoms with Crippen molar-refractivity contribution in [3.05, 3.63) is 24.2 Å². The Balaban J connectivity index is 1.78. The molecule has 1 heterocycles. The smallest absolute Gasteiger partial charge is 0.136 e. The zero-order valence-electron chi connectivity index (χ0n) is 11.5. The number of nitrogens with one attached hydrogen (secondary N) is 1. The molecule has 3 heteroatoms. The fourth-order valence-electron chi connectivity index (χ4n) is 2.79. The SMILES string of the molecule is CCC1CCC(NCC(C)(O)c2ccco2)CC1. The summed E-state index contributed by atoms with van der Waals surface area (Å²) < 4.78 is 5.28. The van der Waals surface area contributed by atoms with Gasteiger partial charge < -0.3 is 14.8 Å². The van der Waals surface area contributed by atoms with Crippen molar-refractivity contribution >= 4 is 0 Å². The zero-order chi connectivity index (χ0) is 13.0. The van der Waals surface area contributed by atoms with Gasteiger partial charge in [-0.15, -0.1) is 0 Å². The Kier molecular flexibility index (Phi) is 4.46. The Hall–Kier alpha value is -0.800. The summed E-state index contributed by atoms with van der Waals surface area (Å²) in [5.41, 5.74) is -0.912. The van der Waals surface area contributed by atoms with Crippen LogP contribution >= 0.6 is 0 Å². The van der Waals surface area contributed by atoms with Crippen LogP contribution in [0.5, 0.6) is 0 Å². The van der Waals surface area contributed by atoms with Gasteiger partial charge in [0.15, 0.2) is 0 Å². The van der Waals surface area contributed by atoms with Crippen molar-refractivity contribution < 1.29 is 9.52 Å². The number of aliphatic hydroxyl groups is 1. The Bertz CT molecular complexity index is 337. The van der Waals surface area contributed by atoms with Crippen molar-refractivity contribution in [2.24, 2.45) is 5.92 Å². The maximum Gasteiger partial charge on any atom is 0.136 e. The molecule has 0 amide bonds. The summed E-state index contributed by atoms with van der Waals surface area (Å²) in [4.78, 5) is 0. The molecule has 0 aliphatic heterocycles. The van der Waals surface area contributed by atoms with Gasteiger partial charge in [-0.3, -0.25) is 0 Å². The molecule has 2 rings (SSSR count). The highest BCUT2D eigenvalue weighted by Gasteiger charge is 2.28. The molecular formula is C15H25NO2. The summed E-state index contributed by atoms with van der Waals surface area (Å²) in [5.74, 6) is 1.55. The fourth-order valence-corrected chi connectivity index (χ4v) is 2.79. The number of hydrogen-bond acceptors (Lipinski definition) is 3. The van der Waals surface area contributed by atoms with Crippen molar-refractivity contribution in [2.45, 2.75) is 57.6 Å². The fraction of sp³-hybridized carbons (Fsp3) is 0.733. The third kappa shape index (κ3) is 3.36. The molecule has 0 saturated heterocycles. The number of furan rings is 1. The van der Waals surface area contributed by atoms with Gasteiger partial charge in [-0.25, -0.2) is 0 Å². The second-order valence-corrected chi connectivity index (χ2v) is 5.76. The van der Waals surface area contributed by atoms with Gasteiger partial charge in [-0.05, 0) is 50.7 Å². The quantitative estimate of drug-likeness (QED) is 0.845. The van der Waals surface area contributed by atoms with Crippen LogP contribution in [0.4, 0.5) is 0 Å². The van der Waals surface area contributed by atoms with Gasteiger partial charge in [0.05, 0.1) is 6.26 Å². The molecule has 1 saturated carbocycles. The molecule has 3 nitrogen and oxygen atoms in total. The Morgan fingerprint density at radius 2 is 2.11 bits per heavy atom. The lowest BCUT2D eigenvalue weighted by Gasteiger charge is -2.31. The topological polar surface area (TPSA) is 45.4 Å². The molecule has 1 aliphatic rings. The van der Waals surface area contributed by atoms with Gasteiger partial charge in [0.25, 0.3) is 0 Å². The lowest BCUT2D eigenvalue weighted by Crippen LogP contribution is -2.42. The minimum Gasteiger partial charge on any atom is -0.466 e. The van der Waals surface area contributed by atoms with Gasteiger partial charge in [0.1, 0.15) is 11.4 Å². The Morgan fingerprint density at radius 1 is 1.39 bits per heavy atom. The summed E-state index contributed by atoms with van der Waals surface area (Å²) >= 11 is 0. The first-order valence-corrected chi connectivity index (χ1v) is 7.11. The maximum absolute atomic E-state index is 10.3. The van der Waals surface area contributed by atoms with E-state index in [0.717, 1.165) is 5.92 Å². The van der Waals surface area contributed by atoms with Crippen LogP contribution in [0.2, 0.25) is 0 Å². The molecule has 1 aromatic rings. The van der Waals surface area contributed by atoms with Crippen molar-refractivity contribution in [3.8, 4) is 0 Å². The molecule has 1 aromatic heterocycles. The largest absolute Gasteiger partial charge is 0.466 e. The average molecular weight is 251 g/mol. The Morgan fingerprint density at radius 3 is 2.67 bits per heavy atom. The van der Waals surface area contributed by atoms with E-state index in [4.69, 9.17) is 4.42 Å². The molecular weight excluding hydrogens is 226 g/mol. The molecule has 0 aromatic carbocycles. The van der Waals surface area contributed by atoms with Crippen LogP contribution in [0.25, 0.3) is 0 Å². The van der Waals surface area contributed by atoms with Crippen molar-refractivity contribution in [3.63, 3.8) is 0 Å². The summed E-state index contributed by atoms with van der Waals surface area (Å²) in [5, 5.41) is 13.8. The van der Waals surface area contributed by atoms with Gasteiger partial charge >= 0.3 is 0 Å². The maximum atomic E-state index is 10.3. The van der Waals surface area contributed by atoms with Crippen molar-refractivity contribution in [1.82, 2.24) is 5.32 Å². The molecule has 2 N–H and O–H groups in total. The third-order valence-corrected chi connectivity index (χ3v) is 4.21. The van der Waals surface area contributed by atoms with Gasteiger partial charge in [-0.1, -0.05) is 13.3 Å². The van der Waals surface area contributed by atoms with E-state index in [9.17, 15) is 5.11 Å². The van der Waals surface area contributed by atoms with Crippen LogP contribution in [0.3, 0.4) is 0 Å². The second-order valence-electron chi connectivity index (χ2n) is 5.76. The van der Waals surface area contributed by atoms with Crippen LogP contribution in [-0.2, 0) is 5.60 Å². The zero-order valence-corrected chi connectivity index (χ0v) is 11.5. The summed E-state index contributed by atoms with van der Waals surface area (Å²) in [6, 6.07) is 4.19. The first kappa shape index (κ1) is 13.6. The van der Waals surface area contributed by atoms with Crippen LogP contribution in [-0.4, -0.2) is 17.7 Å². The molecule has 1 atom stereocenters. The first-order valence-electron chi connectivity index (χ1n) is 7.11. The van der Waals surface area contributed by atoms with E-state index in [0.29, 0.717) is 18.3 Å². The predicted octanol–water partition coefficient (Wildman–Crippen LogP) is 3.05. The number of rotatable bonds is 5. The highest BCUT2D eigenvalue weighted by molar-refractivity contribution is 5.08. The predicted molar refractivity (Wildman–Crippen MR) is 72.3 cm³/mol. The normalized spacial score (nSPS) is 27.9. The molecule has 18 heavy (non-hydrogen) atoms. The van der Waals surface area contributed by atoms with Crippen LogP contribution < -0.4 is 5.32 Å². The molecule has 1 aliphatic carbocycles. The van der Waals surface area contributed by atoms with E-state index in [1.54, 1.807) is 13.2 Å². The minimum absolute atomic E-state index is 0.550. The van der Waals surface area contributed by atoms with Gasteiger partial charge in [0, 0.05) is 12.6 Å². The minimum atomic E-state index is -0.912.